The van der Waals surface area contributed by atoms with Gasteiger partial charge in [0.05, 0.1) is 10.8 Å². The second-order valence-electron chi connectivity index (χ2n) is 8.22. The zero-order valence-corrected chi connectivity index (χ0v) is 18.7. The van der Waals surface area contributed by atoms with Crippen molar-refractivity contribution in [1.82, 2.24) is 15.2 Å². The van der Waals surface area contributed by atoms with Crippen LogP contribution in [0.3, 0.4) is 0 Å². The molecule has 1 fully saturated rings. The van der Waals surface area contributed by atoms with E-state index >= 15 is 0 Å². The molecule has 2 heterocycles. The highest BCUT2D eigenvalue weighted by Gasteiger charge is 2.33. The second kappa shape index (κ2) is 9.32. The van der Waals surface area contributed by atoms with Crippen LogP contribution in [0.1, 0.15) is 17.5 Å². The Morgan fingerprint density at radius 1 is 1.18 bits per heavy atom. The van der Waals surface area contributed by atoms with Crippen LogP contribution in [-0.2, 0) is 32.5 Å². The van der Waals surface area contributed by atoms with Gasteiger partial charge in [-0.3, -0.25) is 9.59 Å². The molecular weight excluding hydrogens is 447 g/mol. The number of carbonyl (C=O) groups excluding carboxylic acids is 2. The molecule has 1 aliphatic rings. The Labute approximate surface area is 191 Å². The van der Waals surface area contributed by atoms with Gasteiger partial charge in [0.25, 0.3) is 0 Å². The van der Waals surface area contributed by atoms with Crippen molar-refractivity contribution < 1.29 is 22.4 Å². The molecule has 8 nitrogen and oxygen atoms in total. The number of benzene rings is 2. The minimum absolute atomic E-state index is 0.0395. The molecule has 1 aliphatic heterocycles. The van der Waals surface area contributed by atoms with Gasteiger partial charge in [0.2, 0.25) is 21.8 Å². The minimum atomic E-state index is -3.73. The molecule has 1 aromatic heterocycles. The normalized spacial score (nSPS) is 16.5. The number of nitrogens with zero attached hydrogens (tertiary/aromatic N) is 1. The largest absolute Gasteiger partial charge is 0.361 e. The number of nitrogens with one attached hydrogen (secondary N) is 2. The molecule has 0 bridgehead atoms. The Morgan fingerprint density at radius 2 is 1.94 bits per heavy atom. The topological polar surface area (TPSA) is 125 Å². The molecule has 0 saturated carbocycles. The molecule has 0 spiro atoms. The van der Waals surface area contributed by atoms with E-state index in [-0.39, 0.29) is 28.9 Å². The van der Waals surface area contributed by atoms with Gasteiger partial charge in [0, 0.05) is 43.2 Å². The predicted molar refractivity (Wildman–Crippen MR) is 121 cm³/mol. The van der Waals surface area contributed by atoms with E-state index in [4.69, 9.17) is 5.14 Å². The average Bonchev–Trinajstić information content (AvgIpc) is 3.34. The summed E-state index contributed by atoms with van der Waals surface area (Å²) >= 11 is 0. The van der Waals surface area contributed by atoms with Crippen LogP contribution in [0.25, 0.3) is 10.9 Å². The monoisotopic (exact) mass is 472 g/mol. The van der Waals surface area contributed by atoms with Crippen LogP contribution in [0.15, 0.2) is 53.6 Å². The highest BCUT2D eigenvalue weighted by atomic mass is 32.2. The number of aromatic nitrogens is 1. The first-order valence-electron chi connectivity index (χ1n) is 10.6. The zero-order chi connectivity index (χ0) is 23.6. The highest BCUT2D eigenvalue weighted by Crippen LogP contribution is 2.22. The number of rotatable bonds is 8. The maximum Gasteiger partial charge on any atom is 0.238 e. The van der Waals surface area contributed by atoms with Gasteiger partial charge in [-0.05, 0) is 54.3 Å². The number of aromatic amines is 1. The molecule has 2 aromatic carbocycles. The summed E-state index contributed by atoms with van der Waals surface area (Å²) in [5.74, 6) is -0.971. The van der Waals surface area contributed by atoms with Gasteiger partial charge in [0.1, 0.15) is 5.82 Å². The first-order chi connectivity index (χ1) is 15.7. The minimum Gasteiger partial charge on any atom is -0.361 e. The summed E-state index contributed by atoms with van der Waals surface area (Å²) in [7, 11) is -3.73. The van der Waals surface area contributed by atoms with E-state index in [0.29, 0.717) is 32.5 Å². The Morgan fingerprint density at radius 3 is 2.67 bits per heavy atom. The zero-order valence-electron chi connectivity index (χ0n) is 17.9. The molecule has 174 valence electrons. The lowest BCUT2D eigenvalue weighted by Crippen LogP contribution is -2.34. The fourth-order valence-electron chi connectivity index (χ4n) is 4.10. The maximum absolute atomic E-state index is 13.6. The molecule has 2 amide bonds. The number of primary sulfonamides is 1. The Balaban J connectivity index is 1.26. The van der Waals surface area contributed by atoms with E-state index in [0.717, 1.165) is 22.0 Å². The quantitative estimate of drug-likeness (QED) is 0.461. The second-order valence-corrected chi connectivity index (χ2v) is 9.79. The molecule has 10 heteroatoms. The van der Waals surface area contributed by atoms with Gasteiger partial charge in [-0.15, -0.1) is 0 Å². The number of amides is 2. The first-order valence-corrected chi connectivity index (χ1v) is 12.2. The predicted octanol–water partition coefficient (Wildman–Crippen LogP) is 1.70. The molecule has 4 rings (SSSR count). The van der Waals surface area contributed by atoms with Crippen molar-refractivity contribution in [3.8, 4) is 0 Å². The molecule has 0 radical (unpaired) electrons. The fourth-order valence-corrected chi connectivity index (χ4v) is 4.61. The van der Waals surface area contributed by atoms with Crippen molar-refractivity contribution in [2.45, 2.75) is 24.2 Å². The van der Waals surface area contributed by atoms with Crippen LogP contribution < -0.4 is 10.5 Å². The summed E-state index contributed by atoms with van der Waals surface area (Å²) < 4.78 is 36.2. The average molecular weight is 473 g/mol. The van der Waals surface area contributed by atoms with Crippen LogP contribution in [0, 0.1) is 11.7 Å². The van der Waals surface area contributed by atoms with Crippen molar-refractivity contribution >= 4 is 32.7 Å². The van der Waals surface area contributed by atoms with Crippen LogP contribution in [-0.4, -0.2) is 49.8 Å². The lowest BCUT2D eigenvalue weighted by Gasteiger charge is -2.16. The molecule has 4 N–H and O–H groups in total. The van der Waals surface area contributed by atoms with E-state index in [1.54, 1.807) is 23.1 Å². The third-order valence-electron chi connectivity index (χ3n) is 5.93. The van der Waals surface area contributed by atoms with E-state index in [1.165, 1.54) is 24.3 Å². The van der Waals surface area contributed by atoms with E-state index < -0.39 is 15.9 Å². The molecule has 1 saturated heterocycles. The molecule has 3 aromatic rings. The van der Waals surface area contributed by atoms with Crippen LogP contribution in [0.2, 0.25) is 0 Å². The van der Waals surface area contributed by atoms with Crippen molar-refractivity contribution in [3.05, 3.63) is 65.6 Å². The summed E-state index contributed by atoms with van der Waals surface area (Å²) in [6.07, 6.45) is 3.08. The van der Waals surface area contributed by atoms with Crippen molar-refractivity contribution in [2.75, 3.05) is 19.6 Å². The van der Waals surface area contributed by atoms with Crippen molar-refractivity contribution in [2.24, 2.45) is 11.1 Å². The number of sulfonamides is 1. The van der Waals surface area contributed by atoms with Crippen molar-refractivity contribution in [1.29, 1.82) is 0 Å². The van der Waals surface area contributed by atoms with E-state index in [1.807, 2.05) is 6.20 Å². The van der Waals surface area contributed by atoms with E-state index in [9.17, 15) is 22.4 Å². The number of fused-ring (bicyclic) bond motifs is 1. The third-order valence-corrected chi connectivity index (χ3v) is 6.86. The number of nitrogens with two attached hydrogens (primary N) is 1. The standard InChI is InChI=1S/C23H25FN4O4S/c24-18-3-6-21-20(12-18)16(13-27-21)8-10-28-14-17(11-22(28)29)23(30)26-9-7-15-1-4-19(5-2-15)33(25,31)32/h1-6,12-13,17,27H,7-11,14H2,(H,26,30)(H2,25,31,32)/t17-/m1/s1. The molecule has 1 atom stereocenters. The van der Waals surface area contributed by atoms with Gasteiger partial charge < -0.3 is 15.2 Å². The van der Waals surface area contributed by atoms with Gasteiger partial charge in [-0.1, -0.05) is 12.1 Å². The Kier molecular flexibility index (Phi) is 6.48. The fraction of sp³-hybridized carbons (Fsp3) is 0.304. The smallest absolute Gasteiger partial charge is 0.238 e. The Hall–Kier alpha value is -3.24. The number of likely N-dealkylation sites (tertiary alicyclic amines) is 1. The molecule has 33 heavy (non-hydrogen) atoms. The highest BCUT2D eigenvalue weighted by molar-refractivity contribution is 7.89. The third kappa shape index (κ3) is 5.40. The SMILES string of the molecule is NS(=O)(=O)c1ccc(CCNC(=O)[C@@H]2CC(=O)N(CCc3c[nH]c4ccc(F)cc34)C2)cc1. The number of hydrogen-bond donors (Lipinski definition) is 3. The van der Waals surface area contributed by atoms with Gasteiger partial charge >= 0.3 is 0 Å². The van der Waals surface area contributed by atoms with Gasteiger partial charge in [0.15, 0.2) is 0 Å². The summed E-state index contributed by atoms with van der Waals surface area (Å²) in [6, 6.07) is 10.7. The summed E-state index contributed by atoms with van der Waals surface area (Å²) in [5, 5.41) is 8.74. The number of carbonyl (C=O) groups is 2. The molecule has 0 unspecified atom stereocenters. The lowest BCUT2D eigenvalue weighted by atomic mass is 10.1. The Bertz CT molecular complexity index is 1290. The van der Waals surface area contributed by atoms with Crippen LogP contribution in [0.5, 0.6) is 0 Å². The lowest BCUT2D eigenvalue weighted by molar-refractivity contribution is -0.129. The number of halogens is 1. The number of hydrogen-bond acceptors (Lipinski definition) is 4. The van der Waals surface area contributed by atoms with Crippen LogP contribution >= 0.6 is 0 Å². The van der Waals surface area contributed by atoms with Gasteiger partial charge in [-0.25, -0.2) is 17.9 Å². The summed E-state index contributed by atoms with van der Waals surface area (Å²) in [4.78, 5) is 29.7. The van der Waals surface area contributed by atoms with Crippen LogP contribution in [0.4, 0.5) is 4.39 Å². The maximum atomic E-state index is 13.6. The molecule has 0 aliphatic carbocycles. The number of H-pyrrole nitrogens is 1. The molecular formula is C23H25FN4O4S. The first kappa shape index (κ1) is 22.9. The van der Waals surface area contributed by atoms with E-state index in [2.05, 4.69) is 10.3 Å². The summed E-state index contributed by atoms with van der Waals surface area (Å²) in [5.41, 5.74) is 2.64. The summed E-state index contributed by atoms with van der Waals surface area (Å²) in [6.45, 7) is 1.19. The van der Waals surface area contributed by atoms with Gasteiger partial charge in [-0.2, -0.15) is 0 Å². The van der Waals surface area contributed by atoms with Crippen molar-refractivity contribution in [3.63, 3.8) is 0 Å².